The van der Waals surface area contributed by atoms with Gasteiger partial charge in [-0.05, 0) is 13.3 Å². The van der Waals surface area contributed by atoms with Gasteiger partial charge in [0.2, 0.25) is 11.8 Å². The molecule has 1 atom stereocenters. The molecule has 0 radical (unpaired) electrons. The molecule has 0 aromatic rings. The minimum atomic E-state index is -0.409. The molecule has 0 bridgehead atoms. The highest BCUT2D eigenvalue weighted by molar-refractivity contribution is 5.89. The average Bonchev–Trinajstić information content (AvgIpc) is 2.36. The van der Waals surface area contributed by atoms with Crippen LogP contribution in [0.4, 0.5) is 0 Å². The fourth-order valence-corrected chi connectivity index (χ4v) is 2.00. The fraction of sp³-hybridized carbons (Fsp3) is 0.750. The van der Waals surface area contributed by atoms with Crippen LogP contribution in [0.5, 0.6) is 0 Å². The summed E-state index contributed by atoms with van der Waals surface area (Å²) in [7, 11) is 0. The van der Waals surface area contributed by atoms with Gasteiger partial charge in [-0.25, -0.2) is 0 Å². The largest absolute Gasteiger partial charge is 0.466 e. The molecule has 2 amide bonds. The van der Waals surface area contributed by atoms with E-state index in [0.29, 0.717) is 26.1 Å². The number of hydrogen-bond acceptors (Lipinski definition) is 4. The Bertz CT molecular complexity index is 330. The van der Waals surface area contributed by atoms with Crippen LogP contribution < -0.4 is 5.32 Å². The van der Waals surface area contributed by atoms with E-state index in [1.54, 1.807) is 11.8 Å². The third-order valence-corrected chi connectivity index (χ3v) is 2.89. The summed E-state index contributed by atoms with van der Waals surface area (Å²) >= 11 is 0. The maximum absolute atomic E-state index is 12.0. The van der Waals surface area contributed by atoms with Crippen molar-refractivity contribution in [1.29, 1.82) is 0 Å². The first-order valence-electron chi connectivity index (χ1n) is 6.33. The van der Waals surface area contributed by atoms with Crippen LogP contribution in [0.2, 0.25) is 0 Å². The molecule has 1 aliphatic heterocycles. The Labute approximate surface area is 107 Å². The van der Waals surface area contributed by atoms with Gasteiger partial charge in [0, 0.05) is 19.5 Å². The van der Waals surface area contributed by atoms with Crippen LogP contribution in [0.3, 0.4) is 0 Å². The second kappa shape index (κ2) is 6.98. The van der Waals surface area contributed by atoms with Crippen LogP contribution >= 0.6 is 0 Å². The van der Waals surface area contributed by atoms with Gasteiger partial charge in [0.25, 0.3) is 0 Å². The summed E-state index contributed by atoms with van der Waals surface area (Å²) in [5.41, 5.74) is 0. The van der Waals surface area contributed by atoms with Gasteiger partial charge in [-0.2, -0.15) is 0 Å². The molecule has 0 aromatic carbocycles. The summed E-state index contributed by atoms with van der Waals surface area (Å²) in [5, 5.41) is 2.73. The molecule has 1 aliphatic rings. The smallest absolute Gasteiger partial charge is 0.306 e. The molecular formula is C12H20N2O4. The normalized spacial score (nSPS) is 19.3. The van der Waals surface area contributed by atoms with Crippen LogP contribution in [0.25, 0.3) is 0 Å². The number of hydrogen-bond donors (Lipinski definition) is 1. The molecule has 1 rings (SSSR count). The molecule has 102 valence electrons. The molecule has 0 saturated carbocycles. The van der Waals surface area contributed by atoms with Crippen LogP contribution in [-0.4, -0.2) is 48.4 Å². The number of esters is 1. The third-order valence-electron chi connectivity index (χ3n) is 2.89. The Balaban J connectivity index is 2.49. The molecule has 18 heavy (non-hydrogen) atoms. The minimum absolute atomic E-state index is 0.0707. The molecule has 1 saturated heterocycles. The zero-order chi connectivity index (χ0) is 13.5. The lowest BCUT2D eigenvalue weighted by molar-refractivity contribution is -0.148. The molecule has 1 unspecified atom stereocenters. The lowest BCUT2D eigenvalue weighted by Gasteiger charge is -2.34. The van der Waals surface area contributed by atoms with E-state index >= 15 is 0 Å². The van der Waals surface area contributed by atoms with E-state index in [9.17, 15) is 14.4 Å². The van der Waals surface area contributed by atoms with E-state index in [0.717, 1.165) is 0 Å². The number of nitrogens with one attached hydrogen (secondary N) is 1. The number of carbonyl (C=O) groups is 3. The monoisotopic (exact) mass is 256 g/mol. The fourth-order valence-electron chi connectivity index (χ4n) is 2.00. The second-order valence-electron chi connectivity index (χ2n) is 4.11. The Kier molecular flexibility index (Phi) is 5.61. The number of carbonyl (C=O) groups excluding carboxylic acids is 3. The third kappa shape index (κ3) is 3.72. The molecule has 1 heterocycles. The van der Waals surface area contributed by atoms with Crippen molar-refractivity contribution < 1.29 is 19.1 Å². The SMILES string of the molecule is CCOC(=O)CCC(=O)N1CCNC(=O)C1CC. The van der Waals surface area contributed by atoms with E-state index in [1.807, 2.05) is 6.92 Å². The van der Waals surface area contributed by atoms with Crippen LogP contribution in [0.15, 0.2) is 0 Å². The van der Waals surface area contributed by atoms with Gasteiger partial charge in [-0.1, -0.05) is 6.92 Å². The standard InChI is InChI=1S/C12H20N2O4/c1-3-9-12(17)13-7-8-14(9)10(15)5-6-11(16)18-4-2/h9H,3-8H2,1-2H3,(H,13,17). The molecular weight excluding hydrogens is 236 g/mol. The highest BCUT2D eigenvalue weighted by atomic mass is 16.5. The van der Waals surface area contributed by atoms with E-state index in [-0.39, 0.29) is 30.6 Å². The topological polar surface area (TPSA) is 75.7 Å². The molecule has 6 heteroatoms. The Morgan fingerprint density at radius 3 is 2.72 bits per heavy atom. The predicted octanol–water partition coefficient (Wildman–Crippen LogP) is 0.0667. The summed E-state index contributed by atoms with van der Waals surface area (Å²) in [4.78, 5) is 36.3. The summed E-state index contributed by atoms with van der Waals surface area (Å²) in [6, 6.07) is -0.409. The van der Waals surface area contributed by atoms with Gasteiger partial charge in [0.05, 0.1) is 13.0 Å². The Morgan fingerprint density at radius 2 is 2.11 bits per heavy atom. The van der Waals surface area contributed by atoms with Crippen molar-refractivity contribution in [3.05, 3.63) is 0 Å². The number of rotatable bonds is 5. The van der Waals surface area contributed by atoms with Gasteiger partial charge in [-0.15, -0.1) is 0 Å². The van der Waals surface area contributed by atoms with Crippen molar-refractivity contribution in [2.24, 2.45) is 0 Å². The average molecular weight is 256 g/mol. The Hall–Kier alpha value is -1.59. The van der Waals surface area contributed by atoms with Crippen molar-refractivity contribution in [2.75, 3.05) is 19.7 Å². The summed E-state index contributed by atoms with van der Waals surface area (Å²) < 4.78 is 4.76. The number of nitrogens with zero attached hydrogens (tertiary/aromatic N) is 1. The maximum Gasteiger partial charge on any atom is 0.306 e. The molecule has 1 fully saturated rings. The predicted molar refractivity (Wildman–Crippen MR) is 64.7 cm³/mol. The first kappa shape index (κ1) is 14.5. The highest BCUT2D eigenvalue weighted by Crippen LogP contribution is 2.11. The van der Waals surface area contributed by atoms with E-state index in [1.165, 1.54) is 0 Å². The van der Waals surface area contributed by atoms with Gasteiger partial charge in [0.1, 0.15) is 6.04 Å². The second-order valence-corrected chi connectivity index (χ2v) is 4.11. The minimum Gasteiger partial charge on any atom is -0.466 e. The van der Waals surface area contributed by atoms with Crippen molar-refractivity contribution >= 4 is 17.8 Å². The van der Waals surface area contributed by atoms with Crippen LogP contribution in [0, 0.1) is 0 Å². The maximum atomic E-state index is 12.0. The summed E-state index contributed by atoms with van der Waals surface area (Å²) in [6.07, 6.45) is 0.751. The van der Waals surface area contributed by atoms with Crippen molar-refractivity contribution in [2.45, 2.75) is 39.2 Å². The van der Waals surface area contributed by atoms with E-state index in [4.69, 9.17) is 4.74 Å². The molecule has 1 N–H and O–H groups in total. The van der Waals surface area contributed by atoms with Crippen LogP contribution in [-0.2, 0) is 19.1 Å². The van der Waals surface area contributed by atoms with Crippen molar-refractivity contribution in [1.82, 2.24) is 10.2 Å². The zero-order valence-electron chi connectivity index (χ0n) is 10.9. The van der Waals surface area contributed by atoms with Crippen LogP contribution in [0.1, 0.15) is 33.1 Å². The lowest BCUT2D eigenvalue weighted by atomic mass is 10.1. The molecule has 0 spiro atoms. The van der Waals surface area contributed by atoms with Gasteiger partial charge < -0.3 is 15.0 Å². The van der Waals surface area contributed by atoms with Crippen molar-refractivity contribution in [3.8, 4) is 0 Å². The molecule has 0 aliphatic carbocycles. The zero-order valence-corrected chi connectivity index (χ0v) is 10.9. The number of ether oxygens (including phenoxy) is 1. The molecule has 0 aromatic heterocycles. The van der Waals surface area contributed by atoms with E-state index in [2.05, 4.69) is 5.32 Å². The van der Waals surface area contributed by atoms with Crippen molar-refractivity contribution in [3.63, 3.8) is 0 Å². The summed E-state index contributed by atoms with van der Waals surface area (Å²) in [6.45, 7) is 4.88. The Morgan fingerprint density at radius 1 is 1.39 bits per heavy atom. The molecule has 6 nitrogen and oxygen atoms in total. The first-order valence-corrected chi connectivity index (χ1v) is 6.33. The lowest BCUT2D eigenvalue weighted by Crippen LogP contribution is -2.56. The number of amides is 2. The first-order chi connectivity index (χ1) is 8.60. The van der Waals surface area contributed by atoms with Gasteiger partial charge in [0.15, 0.2) is 0 Å². The van der Waals surface area contributed by atoms with E-state index < -0.39 is 6.04 Å². The summed E-state index contributed by atoms with van der Waals surface area (Å²) in [5.74, 6) is -0.654. The van der Waals surface area contributed by atoms with Gasteiger partial charge in [-0.3, -0.25) is 14.4 Å². The quantitative estimate of drug-likeness (QED) is 0.706. The highest BCUT2D eigenvalue weighted by Gasteiger charge is 2.31. The number of piperazine rings is 1. The van der Waals surface area contributed by atoms with Gasteiger partial charge >= 0.3 is 5.97 Å².